The number of nitrogens with one attached hydrogen (secondary N) is 2. The number of fused-ring (bicyclic) bond motifs is 4. The number of para-hydroxylation sites is 1. The molecule has 2 aliphatic rings. The number of rotatable bonds is 7. The van der Waals surface area contributed by atoms with Gasteiger partial charge in [-0.1, -0.05) is 24.3 Å². The molecule has 2 aliphatic heterocycles. The van der Waals surface area contributed by atoms with E-state index in [1.54, 1.807) is 12.3 Å². The summed E-state index contributed by atoms with van der Waals surface area (Å²) >= 11 is 0. The van der Waals surface area contributed by atoms with Gasteiger partial charge in [0.15, 0.2) is 5.78 Å². The van der Waals surface area contributed by atoms with Gasteiger partial charge in [0.05, 0.1) is 22.3 Å². The third-order valence-corrected chi connectivity index (χ3v) is 10.1. The number of imidazole rings is 1. The molecule has 11 heteroatoms. The largest absolute Gasteiger partial charge is 0.374 e. The second-order valence-electron chi connectivity index (χ2n) is 13.6. The average Bonchev–Trinajstić information content (AvgIpc) is 3.69. The summed E-state index contributed by atoms with van der Waals surface area (Å²) in [5.41, 5.74) is 6.25. The number of carbonyl (C=O) groups is 2. The molecule has 1 unspecified atom stereocenters. The van der Waals surface area contributed by atoms with E-state index in [4.69, 9.17) is 9.72 Å². The van der Waals surface area contributed by atoms with E-state index < -0.39 is 29.0 Å². The number of benzene rings is 3. The number of nitrogens with zero attached hydrogens (tertiary/aromatic N) is 4. The predicted octanol–water partition coefficient (Wildman–Crippen LogP) is 6.42. The van der Waals surface area contributed by atoms with E-state index in [0.717, 1.165) is 63.3 Å². The zero-order valence-electron chi connectivity index (χ0n) is 28.6. The molecule has 1 fully saturated rings. The van der Waals surface area contributed by atoms with Crippen molar-refractivity contribution in [1.82, 2.24) is 19.4 Å². The molecule has 7 rings (SSSR count). The lowest BCUT2D eigenvalue weighted by Crippen LogP contribution is -2.43. The number of ketones is 1. The Morgan fingerprint density at radius 3 is 2.57 bits per heavy atom. The number of likely N-dealkylation sites (N-methyl/N-ethyl adjacent to an activating group) is 1. The van der Waals surface area contributed by atoms with Crippen molar-refractivity contribution in [3.05, 3.63) is 88.9 Å². The molecular formula is C38H40F2N6O3. The molecule has 0 spiro atoms. The van der Waals surface area contributed by atoms with E-state index >= 15 is 8.78 Å². The van der Waals surface area contributed by atoms with Gasteiger partial charge < -0.3 is 29.4 Å². The molecule has 2 N–H and O–H groups in total. The Bertz CT molecular complexity index is 2170. The van der Waals surface area contributed by atoms with Gasteiger partial charge in [-0.3, -0.25) is 9.59 Å². The Labute approximate surface area is 283 Å². The number of amides is 1. The third-order valence-electron chi connectivity index (χ3n) is 10.1. The number of carbonyl (C=O) groups excluding carboxylic acids is 2. The van der Waals surface area contributed by atoms with Crippen LogP contribution in [0, 0.1) is 25.5 Å². The summed E-state index contributed by atoms with van der Waals surface area (Å²) in [5.74, 6) is -2.34. The monoisotopic (exact) mass is 666 g/mol. The van der Waals surface area contributed by atoms with Crippen molar-refractivity contribution in [2.24, 2.45) is 7.05 Å². The SMILES string of the molecule is Cc1cc2c(nc(C)n2C)c2c1-c1cccc3c(C(=O)c4cc(F)c(NC(=O)/C=C/CNC5CCOC5(C)C)c(F)c4)cn(c13)CCN2C. The third kappa shape index (κ3) is 5.60. The topological polar surface area (TPSA) is 93.4 Å². The highest BCUT2D eigenvalue weighted by atomic mass is 19.1. The number of anilines is 2. The number of aryl methyl sites for hydroxylation is 3. The molecule has 1 amide bonds. The highest BCUT2D eigenvalue weighted by Crippen LogP contribution is 2.44. The standard InChI is InChI=1S/C38H40F2N6O3/c1-21-17-29-34(42-22(2)45(29)6)36-32(21)25-10-7-9-24-26(20-46(35(24)25)15-14-44(36)5)37(48)23-18-27(39)33(28(40)19-23)43-31(47)11-8-13-41-30-12-16-49-38(30,3)4/h7-11,17-20,30,41H,12-16H2,1-6H3,(H,43,47)/b11-8+. The maximum absolute atomic E-state index is 15.3. The molecule has 3 aromatic carbocycles. The second kappa shape index (κ2) is 12.2. The minimum atomic E-state index is -1.03. The van der Waals surface area contributed by atoms with Crippen molar-refractivity contribution in [1.29, 1.82) is 0 Å². The van der Waals surface area contributed by atoms with Crippen LogP contribution in [0.2, 0.25) is 0 Å². The minimum absolute atomic E-state index is 0.135. The normalized spacial score (nSPS) is 17.1. The highest BCUT2D eigenvalue weighted by molar-refractivity contribution is 6.19. The fourth-order valence-electron chi connectivity index (χ4n) is 7.31. The lowest BCUT2D eigenvalue weighted by Gasteiger charge is -2.28. The Morgan fingerprint density at radius 2 is 1.86 bits per heavy atom. The number of hydrogen-bond donors (Lipinski definition) is 2. The fraction of sp³-hybridized carbons (Fsp3) is 0.342. The maximum atomic E-state index is 15.3. The van der Waals surface area contributed by atoms with Crippen LogP contribution < -0.4 is 15.5 Å². The van der Waals surface area contributed by atoms with Crippen LogP contribution in [0.15, 0.2) is 54.7 Å². The Morgan fingerprint density at radius 1 is 1.10 bits per heavy atom. The fourth-order valence-corrected chi connectivity index (χ4v) is 7.31. The summed E-state index contributed by atoms with van der Waals surface area (Å²) < 4.78 is 40.5. The molecule has 0 bridgehead atoms. The zero-order chi connectivity index (χ0) is 34.8. The summed E-state index contributed by atoms with van der Waals surface area (Å²) in [6, 6.07) is 10.1. The summed E-state index contributed by atoms with van der Waals surface area (Å²) in [6.07, 6.45) is 5.45. The first kappa shape index (κ1) is 32.7. The van der Waals surface area contributed by atoms with E-state index in [1.165, 1.54) is 6.08 Å². The lowest BCUT2D eigenvalue weighted by atomic mass is 9.93. The molecule has 5 aromatic rings. The van der Waals surface area contributed by atoms with Gasteiger partial charge in [-0.2, -0.15) is 0 Å². The summed E-state index contributed by atoms with van der Waals surface area (Å²) in [4.78, 5) is 33.6. The van der Waals surface area contributed by atoms with Crippen molar-refractivity contribution in [2.75, 3.05) is 37.0 Å². The zero-order valence-corrected chi connectivity index (χ0v) is 28.6. The van der Waals surface area contributed by atoms with Gasteiger partial charge in [0, 0.05) is 86.3 Å². The number of halogens is 2. The van der Waals surface area contributed by atoms with Crippen molar-refractivity contribution in [3.8, 4) is 11.1 Å². The smallest absolute Gasteiger partial charge is 0.248 e. The molecule has 2 aromatic heterocycles. The molecule has 1 atom stereocenters. The summed E-state index contributed by atoms with van der Waals surface area (Å²) in [6.45, 7) is 10.4. The van der Waals surface area contributed by atoms with Crippen LogP contribution in [0.5, 0.6) is 0 Å². The van der Waals surface area contributed by atoms with E-state index in [1.807, 2.05) is 57.6 Å². The van der Waals surface area contributed by atoms with Gasteiger partial charge in [0.1, 0.15) is 28.7 Å². The number of ether oxygens (including phenoxy) is 1. The second-order valence-corrected chi connectivity index (χ2v) is 13.6. The van der Waals surface area contributed by atoms with E-state index in [9.17, 15) is 9.59 Å². The molecule has 49 heavy (non-hydrogen) atoms. The molecule has 0 saturated carbocycles. The van der Waals surface area contributed by atoms with Gasteiger partial charge in [0.25, 0.3) is 0 Å². The highest BCUT2D eigenvalue weighted by Gasteiger charge is 2.35. The van der Waals surface area contributed by atoms with Crippen LogP contribution in [-0.4, -0.2) is 64.2 Å². The van der Waals surface area contributed by atoms with E-state index in [2.05, 4.69) is 33.1 Å². The van der Waals surface area contributed by atoms with Crippen LogP contribution in [0.1, 0.15) is 47.6 Å². The minimum Gasteiger partial charge on any atom is -0.374 e. The van der Waals surface area contributed by atoms with Gasteiger partial charge in [-0.15, -0.1) is 0 Å². The van der Waals surface area contributed by atoms with Crippen LogP contribution in [0.3, 0.4) is 0 Å². The molecule has 1 saturated heterocycles. The van der Waals surface area contributed by atoms with E-state index in [-0.39, 0.29) is 17.2 Å². The van der Waals surface area contributed by atoms with Gasteiger partial charge >= 0.3 is 0 Å². The average molecular weight is 667 g/mol. The van der Waals surface area contributed by atoms with Crippen LogP contribution in [-0.2, 0) is 23.1 Å². The first-order valence-corrected chi connectivity index (χ1v) is 16.5. The van der Waals surface area contributed by atoms with Crippen molar-refractivity contribution < 1.29 is 23.1 Å². The van der Waals surface area contributed by atoms with Crippen molar-refractivity contribution in [3.63, 3.8) is 0 Å². The van der Waals surface area contributed by atoms with Crippen LogP contribution in [0.4, 0.5) is 20.2 Å². The summed E-state index contributed by atoms with van der Waals surface area (Å²) in [7, 11) is 4.06. The van der Waals surface area contributed by atoms with Crippen LogP contribution >= 0.6 is 0 Å². The number of aromatic nitrogens is 3. The van der Waals surface area contributed by atoms with Gasteiger partial charge in [0.2, 0.25) is 5.91 Å². The van der Waals surface area contributed by atoms with Crippen LogP contribution in [0.25, 0.3) is 33.1 Å². The summed E-state index contributed by atoms with van der Waals surface area (Å²) in [5, 5.41) is 6.29. The Hall–Kier alpha value is -4.87. The van der Waals surface area contributed by atoms with Crippen molar-refractivity contribution in [2.45, 2.75) is 52.3 Å². The first-order valence-electron chi connectivity index (χ1n) is 16.5. The van der Waals surface area contributed by atoms with Crippen molar-refractivity contribution >= 4 is 45.0 Å². The molecule has 0 radical (unpaired) electrons. The molecular weight excluding hydrogens is 626 g/mol. The molecule has 254 valence electrons. The molecule has 4 heterocycles. The number of hydrogen-bond acceptors (Lipinski definition) is 6. The Balaban J connectivity index is 1.18. The maximum Gasteiger partial charge on any atom is 0.248 e. The quantitative estimate of drug-likeness (QED) is 0.154. The molecule has 9 nitrogen and oxygen atoms in total. The van der Waals surface area contributed by atoms with Gasteiger partial charge in [-0.05, 0) is 57.9 Å². The first-order chi connectivity index (χ1) is 23.4. The lowest BCUT2D eigenvalue weighted by molar-refractivity contribution is -0.112. The van der Waals surface area contributed by atoms with E-state index in [0.29, 0.717) is 37.2 Å². The predicted molar refractivity (Wildman–Crippen MR) is 188 cm³/mol. The molecule has 0 aliphatic carbocycles. The van der Waals surface area contributed by atoms with Gasteiger partial charge in [-0.25, -0.2) is 13.8 Å². The Kier molecular flexibility index (Phi) is 8.15.